The third-order valence-electron chi connectivity index (χ3n) is 7.96. The summed E-state index contributed by atoms with van der Waals surface area (Å²) in [5.41, 5.74) is -2.08. The van der Waals surface area contributed by atoms with Gasteiger partial charge in [0.25, 0.3) is 5.91 Å². The number of hydrogen-bond donors (Lipinski definition) is 3. The maximum Gasteiger partial charge on any atom is 0.424 e. The average Bonchev–Trinajstić information content (AvgIpc) is 3.75. The standard InChI is InChI=1S/C31H24ClF5N4O5/c32-18-8-16-7-17(9-22(24(16)39-11-18)46-20-5-6-20)27(42)40-13-30(44,31(35,36)37)23-10-21-26(45-14-29(21,12-33)28(38)43)25(41-23)15-1-3-19(34)4-2-15/h1-4,7-11,20,44H,5-6,12-14H2,(H2,38,43)(H,40,42)/t29-,30?/m0/s1. The van der Waals surface area contributed by atoms with Crippen molar-refractivity contribution in [3.8, 4) is 22.8 Å². The summed E-state index contributed by atoms with van der Waals surface area (Å²) in [5.74, 6) is -2.93. The van der Waals surface area contributed by atoms with Crippen LogP contribution in [0.4, 0.5) is 22.0 Å². The normalized spacial score (nSPS) is 18.8. The number of fused-ring (bicyclic) bond motifs is 2. The summed E-state index contributed by atoms with van der Waals surface area (Å²) >= 11 is 6.07. The quantitative estimate of drug-likeness (QED) is 0.217. The molecule has 0 radical (unpaired) electrons. The molecule has 1 unspecified atom stereocenters. The predicted molar refractivity (Wildman–Crippen MR) is 155 cm³/mol. The lowest BCUT2D eigenvalue weighted by atomic mass is 9.81. The topological polar surface area (TPSA) is 137 Å². The van der Waals surface area contributed by atoms with Crippen molar-refractivity contribution >= 4 is 34.3 Å². The number of carbonyl (C=O) groups is 2. The van der Waals surface area contributed by atoms with Gasteiger partial charge in [-0.2, -0.15) is 13.2 Å². The molecule has 240 valence electrons. The lowest BCUT2D eigenvalue weighted by Crippen LogP contribution is -2.52. The number of carbonyl (C=O) groups excluding carboxylic acids is 2. The molecule has 15 heteroatoms. The van der Waals surface area contributed by atoms with E-state index in [1.165, 1.54) is 36.5 Å². The number of alkyl halides is 4. The van der Waals surface area contributed by atoms with Crippen LogP contribution in [0, 0.1) is 5.82 Å². The lowest BCUT2D eigenvalue weighted by molar-refractivity contribution is -0.265. The molecule has 2 atom stereocenters. The van der Waals surface area contributed by atoms with Crippen molar-refractivity contribution in [2.24, 2.45) is 5.73 Å². The van der Waals surface area contributed by atoms with Gasteiger partial charge in [0.05, 0.1) is 23.4 Å². The van der Waals surface area contributed by atoms with Gasteiger partial charge >= 0.3 is 6.18 Å². The zero-order valence-electron chi connectivity index (χ0n) is 23.6. The summed E-state index contributed by atoms with van der Waals surface area (Å²) in [6.45, 7) is -3.54. The molecule has 2 aliphatic rings. The molecule has 9 nitrogen and oxygen atoms in total. The number of nitrogens with zero attached hydrogens (tertiary/aromatic N) is 2. The molecule has 2 aromatic heterocycles. The van der Waals surface area contributed by atoms with Gasteiger partial charge in [-0.1, -0.05) is 11.6 Å². The minimum absolute atomic E-state index is 0.0406. The molecule has 0 bridgehead atoms. The van der Waals surface area contributed by atoms with Crippen LogP contribution in [-0.2, 0) is 15.8 Å². The van der Waals surface area contributed by atoms with E-state index in [2.05, 4.69) is 15.3 Å². The van der Waals surface area contributed by atoms with E-state index in [4.69, 9.17) is 26.8 Å². The molecule has 4 aromatic rings. The number of nitrogens with two attached hydrogens (primary N) is 1. The zero-order valence-corrected chi connectivity index (χ0v) is 24.4. The Kier molecular flexibility index (Phi) is 7.75. The first kappa shape index (κ1) is 31.4. The van der Waals surface area contributed by atoms with Crippen molar-refractivity contribution in [1.29, 1.82) is 0 Å². The van der Waals surface area contributed by atoms with Crippen molar-refractivity contribution in [3.05, 3.63) is 82.4 Å². The van der Waals surface area contributed by atoms with E-state index in [0.717, 1.165) is 25.0 Å². The van der Waals surface area contributed by atoms with Crippen LogP contribution in [-0.4, -0.2) is 59.0 Å². The first-order chi connectivity index (χ1) is 21.8. The van der Waals surface area contributed by atoms with E-state index in [1.54, 1.807) is 0 Å². The number of amides is 2. The molecule has 2 aromatic carbocycles. The second kappa shape index (κ2) is 11.4. The summed E-state index contributed by atoms with van der Waals surface area (Å²) in [6, 6.07) is 9.25. The first-order valence-electron chi connectivity index (χ1n) is 13.9. The van der Waals surface area contributed by atoms with Gasteiger partial charge in [0.1, 0.15) is 47.2 Å². The van der Waals surface area contributed by atoms with Crippen molar-refractivity contribution < 1.29 is 46.1 Å². The Labute approximate surface area is 262 Å². The van der Waals surface area contributed by atoms with Gasteiger partial charge in [0.15, 0.2) is 0 Å². The van der Waals surface area contributed by atoms with Crippen molar-refractivity contribution in [2.45, 2.75) is 36.1 Å². The fourth-order valence-corrected chi connectivity index (χ4v) is 5.29. The van der Waals surface area contributed by atoms with Crippen LogP contribution in [0.25, 0.3) is 22.2 Å². The maximum absolute atomic E-state index is 14.8. The summed E-state index contributed by atoms with van der Waals surface area (Å²) in [5, 5.41) is 14.0. The van der Waals surface area contributed by atoms with Crippen LogP contribution in [0.2, 0.25) is 5.02 Å². The number of ether oxygens (including phenoxy) is 2. The molecule has 46 heavy (non-hydrogen) atoms. The molecule has 4 N–H and O–H groups in total. The monoisotopic (exact) mass is 662 g/mol. The van der Waals surface area contributed by atoms with Crippen molar-refractivity contribution in [3.63, 3.8) is 0 Å². The van der Waals surface area contributed by atoms with Crippen LogP contribution >= 0.6 is 11.6 Å². The van der Waals surface area contributed by atoms with Crippen molar-refractivity contribution in [2.75, 3.05) is 19.8 Å². The highest BCUT2D eigenvalue weighted by Gasteiger charge is 2.58. The molecule has 1 aliphatic heterocycles. The number of hydrogen-bond acceptors (Lipinski definition) is 7. The number of primary amides is 1. The second-order valence-corrected chi connectivity index (χ2v) is 11.6. The zero-order chi connectivity index (χ0) is 33.0. The maximum atomic E-state index is 14.8. The molecule has 1 aliphatic carbocycles. The molecule has 3 heterocycles. The van der Waals surface area contributed by atoms with Gasteiger partial charge in [-0.15, -0.1) is 0 Å². The Bertz CT molecular complexity index is 1870. The van der Waals surface area contributed by atoms with E-state index in [9.17, 15) is 36.6 Å². The number of aromatic nitrogens is 2. The van der Waals surface area contributed by atoms with Crippen LogP contribution in [0.3, 0.4) is 0 Å². The largest absolute Gasteiger partial charge is 0.489 e. The van der Waals surface area contributed by atoms with E-state index in [-0.39, 0.29) is 45.0 Å². The lowest BCUT2D eigenvalue weighted by Gasteiger charge is -2.31. The highest BCUT2D eigenvalue weighted by Crippen LogP contribution is 2.48. The Morgan fingerprint density at radius 1 is 1.15 bits per heavy atom. The van der Waals surface area contributed by atoms with E-state index in [0.29, 0.717) is 17.0 Å². The summed E-state index contributed by atoms with van der Waals surface area (Å²) < 4.78 is 83.7. The minimum Gasteiger partial charge on any atom is -0.489 e. The van der Waals surface area contributed by atoms with Gasteiger partial charge in [-0.05, 0) is 61.4 Å². The van der Waals surface area contributed by atoms with Gasteiger partial charge in [-0.25, -0.2) is 13.8 Å². The molecule has 1 saturated carbocycles. The highest BCUT2D eigenvalue weighted by molar-refractivity contribution is 6.31. The summed E-state index contributed by atoms with van der Waals surface area (Å²) in [4.78, 5) is 34.0. The van der Waals surface area contributed by atoms with E-state index >= 15 is 0 Å². The number of rotatable bonds is 9. The minimum atomic E-state index is -5.47. The van der Waals surface area contributed by atoms with Crippen LogP contribution in [0.1, 0.15) is 34.5 Å². The number of aliphatic hydroxyl groups is 1. The average molecular weight is 663 g/mol. The third kappa shape index (κ3) is 5.45. The van der Waals surface area contributed by atoms with Gasteiger partial charge in [0.2, 0.25) is 11.5 Å². The second-order valence-electron chi connectivity index (χ2n) is 11.2. The SMILES string of the molecule is NC(=O)[C@@]1(CF)COc2c1cc(C(O)(CNC(=O)c1cc(OC3CC3)c3ncc(Cl)cc3c1)C(F)(F)F)nc2-c1ccc(F)cc1. The number of nitrogens with one attached hydrogen (secondary N) is 1. The molecular formula is C31H24ClF5N4O5. The van der Waals surface area contributed by atoms with Crippen LogP contribution in [0.5, 0.6) is 11.5 Å². The van der Waals surface area contributed by atoms with Crippen molar-refractivity contribution in [1.82, 2.24) is 15.3 Å². The molecular weight excluding hydrogens is 639 g/mol. The molecule has 6 rings (SSSR count). The number of pyridine rings is 2. The summed E-state index contributed by atoms with van der Waals surface area (Å²) in [7, 11) is 0. The molecule has 1 fully saturated rings. The van der Waals surface area contributed by atoms with Crippen LogP contribution in [0.15, 0.2) is 54.7 Å². The molecule has 2 amide bonds. The Morgan fingerprint density at radius 2 is 1.87 bits per heavy atom. The first-order valence-corrected chi connectivity index (χ1v) is 14.3. The Morgan fingerprint density at radius 3 is 2.50 bits per heavy atom. The number of halogens is 6. The summed E-state index contributed by atoms with van der Waals surface area (Å²) in [6.07, 6.45) is -2.62. The predicted octanol–water partition coefficient (Wildman–Crippen LogP) is 4.90. The fourth-order valence-electron chi connectivity index (χ4n) is 5.13. The number of benzene rings is 2. The van der Waals surface area contributed by atoms with Gasteiger partial charge < -0.3 is 25.6 Å². The van der Waals surface area contributed by atoms with Gasteiger partial charge in [-0.3, -0.25) is 14.6 Å². The fraction of sp³-hybridized carbons (Fsp3) is 0.290. The Balaban J connectivity index is 1.42. The third-order valence-corrected chi connectivity index (χ3v) is 8.17. The Hall–Kier alpha value is -4.56. The highest BCUT2D eigenvalue weighted by atomic mass is 35.5. The van der Waals surface area contributed by atoms with E-state index in [1.807, 2.05) is 0 Å². The van der Waals surface area contributed by atoms with Crippen LogP contribution < -0.4 is 20.5 Å². The molecule has 0 saturated heterocycles. The molecule has 0 spiro atoms. The van der Waals surface area contributed by atoms with Gasteiger partial charge in [0, 0.05) is 28.3 Å². The van der Waals surface area contributed by atoms with E-state index < -0.39 is 60.3 Å². The smallest absolute Gasteiger partial charge is 0.424 e.